The minimum atomic E-state index is -2.98. The molecule has 0 aliphatic carbocycles. The van der Waals surface area contributed by atoms with E-state index >= 15 is 0 Å². The number of aromatic nitrogens is 2. The van der Waals surface area contributed by atoms with Crippen LogP contribution in [0.5, 0.6) is 0 Å². The summed E-state index contributed by atoms with van der Waals surface area (Å²) in [6.07, 6.45) is 0.538. The summed E-state index contributed by atoms with van der Waals surface area (Å²) in [5, 5.41) is 5.93. The van der Waals surface area contributed by atoms with Gasteiger partial charge in [-0.25, -0.2) is 18.4 Å². The lowest BCUT2D eigenvalue weighted by molar-refractivity contribution is 0.102. The highest BCUT2D eigenvalue weighted by Crippen LogP contribution is 2.18. The summed E-state index contributed by atoms with van der Waals surface area (Å²) in [5.74, 6) is 0.836. The Balaban J connectivity index is 1.77. The van der Waals surface area contributed by atoms with E-state index in [1.807, 2.05) is 31.2 Å². The van der Waals surface area contributed by atoms with Crippen molar-refractivity contribution in [2.75, 3.05) is 22.1 Å². The standard InChI is InChI=1S/C17H20N4O3S/c1-11-5-3-4-6-14(11)21-17(22)15-9-16(19-12(2)18-15)20-13-7-8-25(23,24)10-13/h3-6,9,13H,7-8,10H2,1-2H3,(H,21,22)(H,18,19,20). The molecule has 1 atom stereocenters. The molecule has 2 heterocycles. The third kappa shape index (κ3) is 4.33. The number of hydrogen-bond donors (Lipinski definition) is 2. The first-order valence-corrected chi connectivity index (χ1v) is 9.84. The molecule has 132 valence electrons. The summed E-state index contributed by atoms with van der Waals surface area (Å²) in [7, 11) is -2.98. The Kier molecular flexibility index (Phi) is 4.71. The van der Waals surface area contributed by atoms with Gasteiger partial charge >= 0.3 is 0 Å². The molecule has 7 nitrogen and oxygen atoms in total. The molecule has 0 radical (unpaired) electrons. The maximum absolute atomic E-state index is 12.5. The van der Waals surface area contributed by atoms with Crippen LogP contribution in [0.4, 0.5) is 11.5 Å². The average molecular weight is 360 g/mol. The number of carbonyl (C=O) groups is 1. The molecule has 0 bridgehead atoms. The number of nitrogens with zero attached hydrogens (tertiary/aromatic N) is 2. The second-order valence-corrected chi connectivity index (χ2v) is 8.43. The highest BCUT2D eigenvalue weighted by Gasteiger charge is 2.28. The van der Waals surface area contributed by atoms with Gasteiger partial charge in [0.1, 0.15) is 17.3 Å². The van der Waals surface area contributed by atoms with E-state index in [4.69, 9.17) is 0 Å². The van der Waals surface area contributed by atoms with Crippen molar-refractivity contribution in [3.63, 3.8) is 0 Å². The van der Waals surface area contributed by atoms with Crippen molar-refractivity contribution in [1.29, 1.82) is 0 Å². The predicted octanol–water partition coefficient (Wildman–Crippen LogP) is 1.94. The van der Waals surface area contributed by atoms with Crippen LogP contribution in [0.2, 0.25) is 0 Å². The van der Waals surface area contributed by atoms with Crippen molar-refractivity contribution in [2.24, 2.45) is 0 Å². The van der Waals surface area contributed by atoms with Crippen molar-refractivity contribution in [3.8, 4) is 0 Å². The molecule has 2 aromatic rings. The van der Waals surface area contributed by atoms with E-state index in [9.17, 15) is 13.2 Å². The van der Waals surface area contributed by atoms with Crippen LogP contribution in [0.15, 0.2) is 30.3 Å². The Morgan fingerprint density at radius 2 is 1.96 bits per heavy atom. The topological polar surface area (TPSA) is 101 Å². The number of hydrogen-bond acceptors (Lipinski definition) is 6. The molecule has 1 aliphatic rings. The van der Waals surface area contributed by atoms with Crippen LogP contribution in [0.1, 0.15) is 28.3 Å². The van der Waals surface area contributed by atoms with Gasteiger partial charge < -0.3 is 10.6 Å². The molecule has 1 aromatic heterocycles. The highest BCUT2D eigenvalue weighted by molar-refractivity contribution is 7.91. The SMILES string of the molecule is Cc1nc(NC2CCS(=O)(=O)C2)cc(C(=O)Nc2ccccc2C)n1. The lowest BCUT2D eigenvalue weighted by atomic mass is 10.2. The van der Waals surface area contributed by atoms with Crippen LogP contribution in [-0.4, -0.2) is 41.8 Å². The van der Waals surface area contributed by atoms with Crippen LogP contribution in [0.25, 0.3) is 0 Å². The fourth-order valence-corrected chi connectivity index (χ4v) is 4.45. The molecule has 1 unspecified atom stereocenters. The molecule has 8 heteroatoms. The lowest BCUT2D eigenvalue weighted by Crippen LogP contribution is -2.22. The van der Waals surface area contributed by atoms with E-state index in [2.05, 4.69) is 20.6 Å². The quantitative estimate of drug-likeness (QED) is 0.864. The summed E-state index contributed by atoms with van der Waals surface area (Å²) >= 11 is 0. The van der Waals surface area contributed by atoms with Gasteiger partial charge in [0, 0.05) is 17.8 Å². The fourth-order valence-electron chi connectivity index (χ4n) is 2.78. The summed E-state index contributed by atoms with van der Waals surface area (Å²) in [4.78, 5) is 20.9. The Morgan fingerprint density at radius 1 is 1.20 bits per heavy atom. The van der Waals surface area contributed by atoms with Crippen LogP contribution in [-0.2, 0) is 9.84 Å². The van der Waals surface area contributed by atoms with Crippen molar-refractivity contribution < 1.29 is 13.2 Å². The molecule has 1 saturated heterocycles. The fraction of sp³-hybridized carbons (Fsp3) is 0.353. The normalized spacial score (nSPS) is 18.7. The second-order valence-electron chi connectivity index (χ2n) is 6.20. The first-order valence-electron chi connectivity index (χ1n) is 8.02. The molecule has 1 amide bonds. The molecule has 1 aliphatic heterocycles. The highest BCUT2D eigenvalue weighted by atomic mass is 32.2. The predicted molar refractivity (Wildman–Crippen MR) is 96.6 cm³/mol. The van der Waals surface area contributed by atoms with Gasteiger partial charge in [0.25, 0.3) is 5.91 Å². The first kappa shape index (κ1) is 17.3. The minimum Gasteiger partial charge on any atom is -0.366 e. The monoisotopic (exact) mass is 360 g/mol. The largest absolute Gasteiger partial charge is 0.366 e. The maximum Gasteiger partial charge on any atom is 0.274 e. The van der Waals surface area contributed by atoms with Gasteiger partial charge in [-0.1, -0.05) is 18.2 Å². The van der Waals surface area contributed by atoms with Gasteiger partial charge in [0.2, 0.25) is 0 Å². The number of aryl methyl sites for hydroxylation is 2. The smallest absolute Gasteiger partial charge is 0.274 e. The first-order chi connectivity index (χ1) is 11.8. The van der Waals surface area contributed by atoms with Crippen LogP contribution >= 0.6 is 0 Å². The zero-order valence-electron chi connectivity index (χ0n) is 14.1. The van der Waals surface area contributed by atoms with Gasteiger partial charge in [-0.3, -0.25) is 4.79 Å². The van der Waals surface area contributed by atoms with Gasteiger partial charge in [-0.15, -0.1) is 0 Å². The number of amides is 1. The number of sulfone groups is 1. The third-order valence-electron chi connectivity index (χ3n) is 4.05. The minimum absolute atomic E-state index is 0.0841. The Bertz CT molecular complexity index is 912. The summed E-state index contributed by atoms with van der Waals surface area (Å²) in [5.41, 5.74) is 1.91. The van der Waals surface area contributed by atoms with E-state index in [-0.39, 0.29) is 29.1 Å². The molecule has 3 rings (SSSR count). The molecule has 0 saturated carbocycles. The van der Waals surface area contributed by atoms with Gasteiger partial charge in [-0.05, 0) is 31.9 Å². The second kappa shape index (κ2) is 6.79. The Labute approximate surface area is 146 Å². The summed E-state index contributed by atoms with van der Waals surface area (Å²) in [6.45, 7) is 3.61. The average Bonchev–Trinajstić information content (AvgIpc) is 2.87. The number of nitrogens with one attached hydrogen (secondary N) is 2. The lowest BCUT2D eigenvalue weighted by Gasteiger charge is -2.13. The van der Waals surface area contributed by atoms with Crippen LogP contribution in [0, 0.1) is 13.8 Å². The molecule has 2 N–H and O–H groups in total. The number of benzene rings is 1. The molecular formula is C17H20N4O3S. The van der Waals surface area contributed by atoms with Gasteiger partial charge in [-0.2, -0.15) is 0 Å². The van der Waals surface area contributed by atoms with E-state index in [1.54, 1.807) is 13.0 Å². The van der Waals surface area contributed by atoms with Crippen molar-refractivity contribution in [2.45, 2.75) is 26.3 Å². The Hall–Kier alpha value is -2.48. The van der Waals surface area contributed by atoms with Crippen molar-refractivity contribution in [1.82, 2.24) is 9.97 Å². The number of carbonyl (C=O) groups excluding carboxylic acids is 1. The van der Waals surface area contributed by atoms with Crippen LogP contribution in [0.3, 0.4) is 0 Å². The van der Waals surface area contributed by atoms with Gasteiger partial charge in [0.15, 0.2) is 9.84 Å². The molecule has 1 aromatic carbocycles. The number of rotatable bonds is 4. The molecule has 0 spiro atoms. The molecule has 25 heavy (non-hydrogen) atoms. The summed E-state index contributed by atoms with van der Waals surface area (Å²) < 4.78 is 23.1. The van der Waals surface area contributed by atoms with Crippen molar-refractivity contribution in [3.05, 3.63) is 47.4 Å². The zero-order chi connectivity index (χ0) is 18.0. The zero-order valence-corrected chi connectivity index (χ0v) is 14.9. The summed E-state index contributed by atoms with van der Waals surface area (Å²) in [6, 6.07) is 8.84. The number of para-hydroxylation sites is 1. The number of anilines is 2. The van der Waals surface area contributed by atoms with Crippen molar-refractivity contribution >= 4 is 27.2 Å². The molecular weight excluding hydrogens is 340 g/mol. The van der Waals surface area contributed by atoms with E-state index in [0.29, 0.717) is 18.1 Å². The Morgan fingerprint density at radius 3 is 2.64 bits per heavy atom. The maximum atomic E-state index is 12.5. The molecule has 1 fully saturated rings. The van der Waals surface area contributed by atoms with Gasteiger partial charge in [0.05, 0.1) is 11.5 Å². The van der Waals surface area contributed by atoms with Crippen LogP contribution < -0.4 is 10.6 Å². The van der Waals surface area contributed by atoms with E-state index in [0.717, 1.165) is 11.3 Å². The van der Waals surface area contributed by atoms with E-state index in [1.165, 1.54) is 0 Å². The third-order valence-corrected chi connectivity index (χ3v) is 5.82. The van der Waals surface area contributed by atoms with E-state index < -0.39 is 9.84 Å².